The number of carbonyl (C=O) groups is 1. The van der Waals surface area contributed by atoms with Gasteiger partial charge in [-0.15, -0.1) is 0 Å². The Morgan fingerprint density at radius 1 is 1.40 bits per heavy atom. The highest BCUT2D eigenvalue weighted by Gasteiger charge is 2.29. The van der Waals surface area contributed by atoms with Gasteiger partial charge in [-0.2, -0.15) is 0 Å². The summed E-state index contributed by atoms with van der Waals surface area (Å²) in [5, 5.41) is 9.39. The van der Waals surface area contributed by atoms with Gasteiger partial charge >= 0.3 is 0 Å². The highest BCUT2D eigenvalue weighted by molar-refractivity contribution is 5.96. The van der Waals surface area contributed by atoms with Crippen molar-refractivity contribution in [3.8, 4) is 0 Å². The molecule has 2 heterocycles. The number of aromatic nitrogens is 1. The molecule has 0 aliphatic carbocycles. The largest absolute Gasteiger partial charge is 0.391 e. The molecule has 0 bridgehead atoms. The molecule has 1 saturated heterocycles. The van der Waals surface area contributed by atoms with Crippen LogP contribution in [-0.4, -0.2) is 28.6 Å². The molecule has 2 rings (SSSR count). The van der Waals surface area contributed by atoms with Crippen LogP contribution in [0.2, 0.25) is 0 Å². The molecule has 1 unspecified atom stereocenters. The molecule has 1 atom stereocenters. The number of pyridine rings is 1. The van der Waals surface area contributed by atoms with E-state index >= 15 is 0 Å². The van der Waals surface area contributed by atoms with Gasteiger partial charge in [0, 0.05) is 17.1 Å². The number of aliphatic hydroxyl groups excluding tert-OH is 1. The van der Waals surface area contributed by atoms with Crippen LogP contribution >= 0.6 is 0 Å². The SMILES string of the molecule is Cc1cc(N2CC(O)CC2=O)cc(C)n1. The van der Waals surface area contributed by atoms with E-state index in [1.54, 1.807) is 4.90 Å². The van der Waals surface area contributed by atoms with E-state index in [-0.39, 0.29) is 12.3 Å². The molecule has 1 aliphatic rings. The smallest absolute Gasteiger partial charge is 0.229 e. The fourth-order valence-corrected chi connectivity index (χ4v) is 1.91. The van der Waals surface area contributed by atoms with Crippen LogP contribution in [0.15, 0.2) is 12.1 Å². The van der Waals surface area contributed by atoms with E-state index in [0.29, 0.717) is 6.54 Å². The lowest BCUT2D eigenvalue weighted by molar-refractivity contribution is -0.117. The van der Waals surface area contributed by atoms with Crippen LogP contribution in [-0.2, 0) is 4.79 Å². The Balaban J connectivity index is 2.33. The predicted molar refractivity (Wildman–Crippen MR) is 56.7 cm³/mol. The first-order valence-electron chi connectivity index (χ1n) is 5.00. The lowest BCUT2D eigenvalue weighted by atomic mass is 10.2. The third-order valence-corrected chi connectivity index (χ3v) is 2.48. The number of aryl methyl sites for hydroxylation is 2. The molecule has 1 aromatic rings. The Labute approximate surface area is 88.6 Å². The van der Waals surface area contributed by atoms with E-state index in [1.165, 1.54) is 0 Å². The second-order valence-electron chi connectivity index (χ2n) is 3.97. The van der Waals surface area contributed by atoms with Crippen molar-refractivity contribution in [2.75, 3.05) is 11.4 Å². The normalized spacial score (nSPS) is 21.1. The van der Waals surface area contributed by atoms with Crippen molar-refractivity contribution < 1.29 is 9.90 Å². The summed E-state index contributed by atoms with van der Waals surface area (Å²) in [7, 11) is 0. The zero-order valence-corrected chi connectivity index (χ0v) is 8.90. The molecule has 15 heavy (non-hydrogen) atoms. The average molecular weight is 206 g/mol. The molecule has 0 saturated carbocycles. The third kappa shape index (κ3) is 1.99. The Morgan fingerprint density at radius 3 is 2.47 bits per heavy atom. The van der Waals surface area contributed by atoms with Crippen LogP contribution in [0.1, 0.15) is 17.8 Å². The first-order valence-corrected chi connectivity index (χ1v) is 5.00. The van der Waals surface area contributed by atoms with Crippen molar-refractivity contribution in [2.45, 2.75) is 26.4 Å². The Kier molecular flexibility index (Phi) is 2.44. The molecular formula is C11H14N2O2. The van der Waals surface area contributed by atoms with Crippen molar-refractivity contribution in [1.82, 2.24) is 4.98 Å². The highest BCUT2D eigenvalue weighted by atomic mass is 16.3. The van der Waals surface area contributed by atoms with E-state index in [4.69, 9.17) is 0 Å². The number of rotatable bonds is 1. The van der Waals surface area contributed by atoms with Gasteiger partial charge in [-0.25, -0.2) is 0 Å². The summed E-state index contributed by atoms with van der Waals surface area (Å²) in [5.41, 5.74) is 2.61. The van der Waals surface area contributed by atoms with Crippen LogP contribution in [0.3, 0.4) is 0 Å². The van der Waals surface area contributed by atoms with E-state index in [2.05, 4.69) is 4.98 Å². The van der Waals surface area contributed by atoms with E-state index in [9.17, 15) is 9.90 Å². The zero-order chi connectivity index (χ0) is 11.0. The average Bonchev–Trinajstić information content (AvgIpc) is 2.43. The predicted octanol–water partition coefficient (Wildman–Crippen LogP) is 0.796. The van der Waals surface area contributed by atoms with Crippen molar-refractivity contribution in [1.29, 1.82) is 0 Å². The maximum Gasteiger partial charge on any atom is 0.229 e. The van der Waals surface area contributed by atoms with Crippen molar-refractivity contribution >= 4 is 11.6 Å². The molecule has 1 aliphatic heterocycles. The first-order chi connectivity index (χ1) is 7.06. The summed E-state index contributed by atoms with van der Waals surface area (Å²) in [6.07, 6.45) is -0.313. The summed E-state index contributed by atoms with van der Waals surface area (Å²) >= 11 is 0. The first kappa shape index (κ1) is 10.1. The van der Waals surface area contributed by atoms with E-state index in [1.807, 2.05) is 26.0 Å². The van der Waals surface area contributed by atoms with Crippen LogP contribution < -0.4 is 4.90 Å². The molecule has 0 radical (unpaired) electrons. The lowest BCUT2D eigenvalue weighted by Gasteiger charge is -2.16. The summed E-state index contributed by atoms with van der Waals surface area (Å²) in [6.45, 7) is 4.18. The summed E-state index contributed by atoms with van der Waals surface area (Å²) in [4.78, 5) is 17.4. The molecule has 0 spiro atoms. The molecule has 1 N–H and O–H groups in total. The van der Waals surface area contributed by atoms with Crippen LogP contribution in [0.25, 0.3) is 0 Å². The number of amides is 1. The minimum atomic E-state index is -0.536. The van der Waals surface area contributed by atoms with Gasteiger partial charge in [-0.1, -0.05) is 0 Å². The quantitative estimate of drug-likeness (QED) is 0.739. The van der Waals surface area contributed by atoms with Gasteiger partial charge in [-0.3, -0.25) is 9.78 Å². The standard InChI is InChI=1S/C11H14N2O2/c1-7-3-9(4-8(2)12-7)13-6-10(14)5-11(13)15/h3-4,10,14H,5-6H2,1-2H3. The second kappa shape index (κ2) is 3.62. The van der Waals surface area contributed by atoms with Gasteiger partial charge in [0.2, 0.25) is 5.91 Å². The third-order valence-electron chi connectivity index (χ3n) is 2.48. The number of hydrogen-bond acceptors (Lipinski definition) is 3. The maximum atomic E-state index is 11.6. The van der Waals surface area contributed by atoms with Gasteiger partial charge in [0.1, 0.15) is 0 Å². The molecule has 4 heteroatoms. The van der Waals surface area contributed by atoms with Gasteiger partial charge in [0.25, 0.3) is 0 Å². The Morgan fingerprint density at radius 2 is 2.00 bits per heavy atom. The highest BCUT2D eigenvalue weighted by Crippen LogP contribution is 2.22. The van der Waals surface area contributed by atoms with Crippen molar-refractivity contribution in [3.63, 3.8) is 0 Å². The van der Waals surface area contributed by atoms with Crippen molar-refractivity contribution in [2.24, 2.45) is 0 Å². The lowest BCUT2D eigenvalue weighted by Crippen LogP contribution is -2.25. The Hall–Kier alpha value is -1.42. The number of β-amino-alcohol motifs (C(OH)–C–C–N with tert-alkyl or cyclic N) is 1. The van der Waals surface area contributed by atoms with Gasteiger partial charge in [-0.05, 0) is 26.0 Å². The zero-order valence-electron chi connectivity index (χ0n) is 8.90. The molecule has 4 nitrogen and oxygen atoms in total. The minimum Gasteiger partial charge on any atom is -0.391 e. The summed E-state index contributed by atoms with van der Waals surface area (Å²) in [6, 6.07) is 3.73. The van der Waals surface area contributed by atoms with E-state index < -0.39 is 6.10 Å². The van der Waals surface area contributed by atoms with Crippen molar-refractivity contribution in [3.05, 3.63) is 23.5 Å². The topological polar surface area (TPSA) is 53.4 Å². The number of nitrogens with zero attached hydrogens (tertiary/aromatic N) is 2. The monoisotopic (exact) mass is 206 g/mol. The van der Waals surface area contributed by atoms with E-state index in [0.717, 1.165) is 17.1 Å². The molecule has 80 valence electrons. The van der Waals surface area contributed by atoms with Crippen LogP contribution in [0.5, 0.6) is 0 Å². The van der Waals surface area contributed by atoms with Gasteiger partial charge in [0.15, 0.2) is 0 Å². The summed E-state index contributed by atoms with van der Waals surface area (Å²) < 4.78 is 0. The molecule has 1 fully saturated rings. The summed E-state index contributed by atoms with van der Waals surface area (Å²) in [5.74, 6) is -0.0208. The molecule has 1 amide bonds. The number of carbonyl (C=O) groups excluding carboxylic acids is 1. The Bertz CT molecular complexity index is 383. The van der Waals surface area contributed by atoms with Crippen LogP contribution in [0.4, 0.5) is 5.69 Å². The second-order valence-corrected chi connectivity index (χ2v) is 3.97. The number of aliphatic hydroxyl groups is 1. The number of anilines is 1. The van der Waals surface area contributed by atoms with Gasteiger partial charge < -0.3 is 10.0 Å². The molecular weight excluding hydrogens is 192 g/mol. The van der Waals surface area contributed by atoms with Gasteiger partial charge in [0.05, 0.1) is 19.1 Å². The molecule has 1 aromatic heterocycles. The maximum absolute atomic E-state index is 11.6. The number of hydrogen-bond donors (Lipinski definition) is 1. The van der Waals surface area contributed by atoms with Crippen LogP contribution in [0, 0.1) is 13.8 Å². The fraction of sp³-hybridized carbons (Fsp3) is 0.455. The fourth-order valence-electron chi connectivity index (χ4n) is 1.91. The minimum absolute atomic E-state index is 0.0208. The molecule has 0 aromatic carbocycles.